The van der Waals surface area contributed by atoms with Crippen molar-refractivity contribution >= 4 is 12.2 Å². The minimum Gasteiger partial charge on any atom is -0.493 e. The predicted molar refractivity (Wildman–Crippen MR) is 136 cm³/mol. The van der Waals surface area contributed by atoms with E-state index in [1.54, 1.807) is 14.2 Å². The molecule has 5 rings (SSSR count). The standard InChI is InChI=1S/C27H28N4O2S/c1-29-26(20-12-8-5-9-13-20)28-31(27(29)34)18-30-15-14-21-16-23(32-2)24(33-3)17-22(21)25(30)19-10-6-4-7-11-19/h4-13,16-17,25H,14-15,18H2,1-3H3/t25-/m1/s1. The van der Waals surface area contributed by atoms with E-state index in [9.17, 15) is 0 Å². The van der Waals surface area contributed by atoms with Crippen LogP contribution in [0.5, 0.6) is 11.5 Å². The highest BCUT2D eigenvalue weighted by atomic mass is 32.1. The molecule has 1 aliphatic heterocycles. The van der Waals surface area contributed by atoms with Gasteiger partial charge in [0.1, 0.15) is 0 Å². The van der Waals surface area contributed by atoms with Gasteiger partial charge in [-0.05, 0) is 47.5 Å². The molecule has 34 heavy (non-hydrogen) atoms. The van der Waals surface area contributed by atoms with E-state index in [4.69, 9.17) is 26.8 Å². The minimum atomic E-state index is 0.0498. The molecule has 1 aromatic heterocycles. The number of aromatic nitrogens is 3. The Hall–Kier alpha value is -3.42. The molecule has 2 heterocycles. The van der Waals surface area contributed by atoms with Crippen molar-refractivity contribution in [3.63, 3.8) is 0 Å². The fraction of sp³-hybridized carbons (Fsp3) is 0.259. The Kier molecular flexibility index (Phi) is 6.22. The monoisotopic (exact) mass is 472 g/mol. The predicted octanol–water partition coefficient (Wildman–Crippen LogP) is 5.24. The molecule has 7 heteroatoms. The largest absolute Gasteiger partial charge is 0.493 e. The third-order valence-corrected chi connectivity index (χ3v) is 6.96. The van der Waals surface area contributed by atoms with Gasteiger partial charge in [-0.3, -0.25) is 4.90 Å². The summed E-state index contributed by atoms with van der Waals surface area (Å²) in [4.78, 5) is 2.43. The number of methoxy groups -OCH3 is 2. The lowest BCUT2D eigenvalue weighted by atomic mass is 9.88. The average molecular weight is 473 g/mol. The lowest BCUT2D eigenvalue weighted by Crippen LogP contribution is -2.37. The highest BCUT2D eigenvalue weighted by Gasteiger charge is 2.31. The number of fused-ring (bicyclic) bond motifs is 1. The molecule has 0 saturated heterocycles. The minimum absolute atomic E-state index is 0.0498. The van der Waals surface area contributed by atoms with Crippen molar-refractivity contribution in [3.8, 4) is 22.9 Å². The molecule has 174 valence electrons. The van der Waals surface area contributed by atoms with Crippen LogP contribution in [0.25, 0.3) is 11.4 Å². The van der Waals surface area contributed by atoms with Crippen molar-refractivity contribution in [1.29, 1.82) is 0 Å². The normalized spacial score (nSPS) is 15.7. The van der Waals surface area contributed by atoms with Crippen LogP contribution in [0.1, 0.15) is 22.7 Å². The van der Waals surface area contributed by atoms with Crippen LogP contribution in [0.4, 0.5) is 0 Å². The first-order valence-electron chi connectivity index (χ1n) is 11.3. The molecule has 0 spiro atoms. The summed E-state index contributed by atoms with van der Waals surface area (Å²) in [6, 6.07) is 25.0. The first-order chi connectivity index (χ1) is 16.6. The molecule has 3 aromatic carbocycles. The Morgan fingerprint density at radius 1 is 0.941 bits per heavy atom. The van der Waals surface area contributed by atoms with E-state index >= 15 is 0 Å². The summed E-state index contributed by atoms with van der Waals surface area (Å²) in [6.07, 6.45) is 0.907. The molecule has 0 radical (unpaired) electrons. The summed E-state index contributed by atoms with van der Waals surface area (Å²) < 4.78 is 15.8. The smallest absolute Gasteiger partial charge is 0.199 e. The van der Waals surface area contributed by atoms with Crippen LogP contribution in [0, 0.1) is 4.77 Å². The van der Waals surface area contributed by atoms with Crippen LogP contribution in [0.3, 0.4) is 0 Å². The topological polar surface area (TPSA) is 44.5 Å². The molecule has 0 N–H and O–H groups in total. The van der Waals surface area contributed by atoms with Crippen molar-refractivity contribution in [3.05, 3.63) is 94.3 Å². The van der Waals surface area contributed by atoms with Gasteiger partial charge >= 0.3 is 0 Å². The van der Waals surface area contributed by atoms with Gasteiger partial charge in [0.15, 0.2) is 22.1 Å². The maximum atomic E-state index is 5.79. The van der Waals surface area contributed by atoms with E-state index in [0.29, 0.717) is 11.4 Å². The Labute approximate surface area is 205 Å². The quantitative estimate of drug-likeness (QED) is 0.359. The maximum absolute atomic E-state index is 5.79. The Morgan fingerprint density at radius 2 is 1.59 bits per heavy atom. The number of hydrogen-bond donors (Lipinski definition) is 0. The summed E-state index contributed by atoms with van der Waals surface area (Å²) in [6.45, 7) is 1.47. The molecule has 0 fully saturated rings. The van der Waals surface area contributed by atoms with Gasteiger partial charge in [0.2, 0.25) is 0 Å². The number of benzene rings is 3. The van der Waals surface area contributed by atoms with Crippen LogP contribution in [-0.4, -0.2) is 40.0 Å². The van der Waals surface area contributed by atoms with Gasteiger partial charge in [0.05, 0.1) is 26.9 Å². The zero-order chi connectivity index (χ0) is 23.7. The second-order valence-electron chi connectivity index (χ2n) is 8.45. The second-order valence-corrected chi connectivity index (χ2v) is 8.82. The Bertz CT molecular complexity index is 1350. The van der Waals surface area contributed by atoms with E-state index in [2.05, 4.69) is 53.4 Å². The van der Waals surface area contributed by atoms with Crippen molar-refractivity contribution < 1.29 is 9.47 Å². The lowest BCUT2D eigenvalue weighted by molar-refractivity contribution is 0.154. The van der Waals surface area contributed by atoms with Crippen LogP contribution < -0.4 is 9.47 Å². The van der Waals surface area contributed by atoms with Crippen LogP contribution >= 0.6 is 12.2 Å². The highest BCUT2D eigenvalue weighted by Crippen LogP contribution is 2.41. The highest BCUT2D eigenvalue weighted by molar-refractivity contribution is 7.71. The summed E-state index contributed by atoms with van der Waals surface area (Å²) in [7, 11) is 5.34. The third kappa shape index (κ3) is 4.02. The summed E-state index contributed by atoms with van der Waals surface area (Å²) in [5.41, 5.74) is 4.77. The van der Waals surface area contributed by atoms with E-state index in [1.807, 2.05) is 40.6 Å². The number of ether oxygens (including phenoxy) is 2. The van der Waals surface area contributed by atoms with Crippen molar-refractivity contribution in [2.75, 3.05) is 20.8 Å². The summed E-state index contributed by atoms with van der Waals surface area (Å²) >= 11 is 5.79. The van der Waals surface area contributed by atoms with Crippen LogP contribution in [-0.2, 0) is 20.1 Å². The zero-order valence-electron chi connectivity index (χ0n) is 19.6. The van der Waals surface area contributed by atoms with Crippen molar-refractivity contribution in [1.82, 2.24) is 19.2 Å². The summed E-state index contributed by atoms with van der Waals surface area (Å²) in [5, 5.41) is 4.91. The number of hydrogen-bond acceptors (Lipinski definition) is 5. The maximum Gasteiger partial charge on any atom is 0.199 e. The van der Waals surface area contributed by atoms with Gasteiger partial charge in [-0.2, -0.15) is 5.10 Å². The average Bonchev–Trinajstić information content (AvgIpc) is 3.17. The number of rotatable bonds is 6. The fourth-order valence-corrected chi connectivity index (χ4v) is 4.95. The van der Waals surface area contributed by atoms with E-state index in [-0.39, 0.29) is 6.04 Å². The van der Waals surface area contributed by atoms with Crippen LogP contribution in [0.2, 0.25) is 0 Å². The Morgan fingerprint density at radius 3 is 2.26 bits per heavy atom. The second kappa shape index (κ2) is 9.44. The van der Waals surface area contributed by atoms with Gasteiger partial charge in [-0.1, -0.05) is 60.7 Å². The third-order valence-electron chi connectivity index (χ3n) is 6.48. The molecular formula is C27H28N4O2S. The van der Waals surface area contributed by atoms with Gasteiger partial charge < -0.3 is 14.0 Å². The van der Waals surface area contributed by atoms with Gasteiger partial charge in [0.25, 0.3) is 0 Å². The molecule has 1 atom stereocenters. The molecule has 0 amide bonds. The fourth-order valence-electron chi connectivity index (χ4n) is 4.77. The van der Waals surface area contributed by atoms with E-state index < -0.39 is 0 Å². The van der Waals surface area contributed by atoms with Crippen molar-refractivity contribution in [2.24, 2.45) is 7.05 Å². The van der Waals surface area contributed by atoms with Crippen LogP contribution in [0.15, 0.2) is 72.8 Å². The molecule has 0 aliphatic carbocycles. The molecule has 0 saturated carbocycles. The SMILES string of the molecule is COc1cc2c(cc1OC)[C@@H](c1ccccc1)N(Cn1nc(-c3ccccc3)n(C)c1=S)CC2. The zero-order valence-corrected chi connectivity index (χ0v) is 20.5. The summed E-state index contributed by atoms with van der Waals surface area (Å²) in [5.74, 6) is 2.37. The lowest BCUT2D eigenvalue weighted by Gasteiger charge is -2.37. The van der Waals surface area contributed by atoms with Gasteiger partial charge in [0, 0.05) is 19.2 Å². The van der Waals surface area contributed by atoms with Crippen molar-refractivity contribution in [2.45, 2.75) is 19.1 Å². The molecule has 4 aromatic rings. The first-order valence-corrected chi connectivity index (χ1v) is 11.7. The molecule has 6 nitrogen and oxygen atoms in total. The van der Waals surface area contributed by atoms with E-state index in [0.717, 1.165) is 35.9 Å². The first kappa shape index (κ1) is 22.4. The Balaban J connectivity index is 1.57. The van der Waals surface area contributed by atoms with E-state index in [1.165, 1.54) is 16.7 Å². The molecule has 1 aliphatic rings. The van der Waals surface area contributed by atoms with Gasteiger partial charge in [-0.25, -0.2) is 4.68 Å². The molecule has 0 bridgehead atoms. The van der Waals surface area contributed by atoms with Gasteiger partial charge in [-0.15, -0.1) is 0 Å². The number of nitrogens with zero attached hydrogens (tertiary/aromatic N) is 4. The molecular weight excluding hydrogens is 444 g/mol. The molecule has 0 unspecified atom stereocenters.